The minimum absolute atomic E-state index is 0.0146. The molecule has 82 valence electrons. The van der Waals surface area contributed by atoms with Crippen LogP contribution in [0.3, 0.4) is 0 Å². The number of alkyl halides is 1. The van der Waals surface area contributed by atoms with Crippen LogP contribution >= 0.6 is 15.9 Å². The fourth-order valence-corrected chi connectivity index (χ4v) is 2.22. The van der Waals surface area contributed by atoms with E-state index in [9.17, 15) is 4.79 Å². The van der Waals surface area contributed by atoms with E-state index in [-0.39, 0.29) is 10.7 Å². The third kappa shape index (κ3) is 3.26. The van der Waals surface area contributed by atoms with Crippen molar-refractivity contribution in [1.82, 2.24) is 5.32 Å². The lowest BCUT2D eigenvalue weighted by atomic mass is 9.98. The summed E-state index contributed by atoms with van der Waals surface area (Å²) in [6, 6.07) is 0. The van der Waals surface area contributed by atoms with Crippen molar-refractivity contribution in [2.24, 2.45) is 11.8 Å². The van der Waals surface area contributed by atoms with Gasteiger partial charge in [-0.25, -0.2) is 0 Å². The average Bonchev–Trinajstić information content (AvgIpc) is 2.59. The van der Waals surface area contributed by atoms with Gasteiger partial charge >= 0.3 is 0 Å². The van der Waals surface area contributed by atoms with Crippen molar-refractivity contribution in [1.29, 1.82) is 0 Å². The fourth-order valence-electron chi connectivity index (χ4n) is 2.05. The highest BCUT2D eigenvalue weighted by molar-refractivity contribution is 9.10. The first-order valence-corrected chi connectivity index (χ1v) is 6.48. The maximum absolute atomic E-state index is 11.5. The third-order valence-electron chi connectivity index (χ3n) is 3.22. The molecule has 1 N–H and O–H groups in total. The molecule has 1 saturated carbocycles. The quantitative estimate of drug-likeness (QED) is 0.775. The SMILES string of the molecule is CCC(Br)C(=O)NCC1CCCC1C. The van der Waals surface area contributed by atoms with Crippen LogP contribution in [0.5, 0.6) is 0 Å². The monoisotopic (exact) mass is 261 g/mol. The molecule has 0 aromatic rings. The number of hydrogen-bond acceptors (Lipinski definition) is 1. The molecule has 14 heavy (non-hydrogen) atoms. The molecule has 1 amide bonds. The van der Waals surface area contributed by atoms with Crippen LogP contribution in [-0.4, -0.2) is 17.3 Å². The lowest BCUT2D eigenvalue weighted by Gasteiger charge is -2.17. The molecule has 3 unspecified atom stereocenters. The highest BCUT2D eigenvalue weighted by atomic mass is 79.9. The molecule has 1 fully saturated rings. The topological polar surface area (TPSA) is 29.1 Å². The lowest BCUT2D eigenvalue weighted by molar-refractivity contribution is -0.120. The predicted molar refractivity (Wildman–Crippen MR) is 62.5 cm³/mol. The molecule has 1 rings (SSSR count). The highest BCUT2D eigenvalue weighted by Gasteiger charge is 2.24. The fraction of sp³-hybridized carbons (Fsp3) is 0.909. The molecular formula is C11H20BrNO. The van der Waals surface area contributed by atoms with Crippen molar-refractivity contribution < 1.29 is 4.79 Å². The van der Waals surface area contributed by atoms with Gasteiger partial charge in [0.25, 0.3) is 0 Å². The van der Waals surface area contributed by atoms with Gasteiger partial charge in [0.15, 0.2) is 0 Å². The standard InChI is InChI=1S/C11H20BrNO/c1-3-10(12)11(14)13-7-9-6-4-5-8(9)2/h8-10H,3-7H2,1-2H3,(H,13,14). The minimum Gasteiger partial charge on any atom is -0.355 e. The molecule has 3 heteroatoms. The van der Waals surface area contributed by atoms with Gasteiger partial charge in [-0.3, -0.25) is 4.79 Å². The minimum atomic E-state index is -0.0146. The molecule has 0 spiro atoms. The van der Waals surface area contributed by atoms with E-state index in [2.05, 4.69) is 28.2 Å². The highest BCUT2D eigenvalue weighted by Crippen LogP contribution is 2.30. The van der Waals surface area contributed by atoms with Crippen molar-refractivity contribution in [3.63, 3.8) is 0 Å². The number of carbonyl (C=O) groups is 1. The molecular weight excluding hydrogens is 242 g/mol. The number of amides is 1. The zero-order chi connectivity index (χ0) is 10.6. The summed E-state index contributed by atoms with van der Waals surface area (Å²) >= 11 is 3.35. The van der Waals surface area contributed by atoms with Crippen LogP contribution in [0.15, 0.2) is 0 Å². The summed E-state index contributed by atoms with van der Waals surface area (Å²) < 4.78 is 0. The Labute approximate surface area is 95.0 Å². The first kappa shape index (κ1) is 12.0. The van der Waals surface area contributed by atoms with E-state index in [4.69, 9.17) is 0 Å². The van der Waals surface area contributed by atoms with Gasteiger partial charge in [0.2, 0.25) is 5.91 Å². The molecule has 3 atom stereocenters. The summed E-state index contributed by atoms with van der Waals surface area (Å²) in [4.78, 5) is 11.5. The molecule has 0 saturated heterocycles. The molecule has 0 bridgehead atoms. The van der Waals surface area contributed by atoms with Gasteiger partial charge in [-0.1, -0.05) is 42.6 Å². The number of hydrogen-bond donors (Lipinski definition) is 1. The molecule has 0 aromatic heterocycles. The van der Waals surface area contributed by atoms with E-state index in [1.807, 2.05) is 6.92 Å². The van der Waals surface area contributed by atoms with Crippen molar-refractivity contribution in [3.8, 4) is 0 Å². The number of nitrogens with one attached hydrogen (secondary N) is 1. The Kier molecular flexibility index (Phi) is 4.93. The van der Waals surface area contributed by atoms with Crippen LogP contribution in [-0.2, 0) is 4.79 Å². The van der Waals surface area contributed by atoms with E-state index in [0.29, 0.717) is 5.92 Å². The average molecular weight is 262 g/mol. The predicted octanol–water partition coefficient (Wildman–Crippen LogP) is 2.71. The summed E-state index contributed by atoms with van der Waals surface area (Å²) in [7, 11) is 0. The van der Waals surface area contributed by atoms with Crippen LogP contribution in [0.2, 0.25) is 0 Å². The number of carbonyl (C=O) groups excluding carboxylic acids is 1. The van der Waals surface area contributed by atoms with Crippen LogP contribution in [0.1, 0.15) is 39.5 Å². The second kappa shape index (κ2) is 5.74. The Morgan fingerprint density at radius 1 is 1.57 bits per heavy atom. The van der Waals surface area contributed by atoms with E-state index >= 15 is 0 Å². The van der Waals surface area contributed by atoms with Crippen LogP contribution < -0.4 is 5.32 Å². The number of rotatable bonds is 4. The van der Waals surface area contributed by atoms with Gasteiger partial charge in [-0.2, -0.15) is 0 Å². The third-order valence-corrected chi connectivity index (χ3v) is 4.28. The van der Waals surface area contributed by atoms with E-state index in [1.54, 1.807) is 0 Å². The maximum atomic E-state index is 11.5. The molecule has 0 radical (unpaired) electrons. The van der Waals surface area contributed by atoms with Crippen LogP contribution in [0.4, 0.5) is 0 Å². The summed E-state index contributed by atoms with van der Waals surface area (Å²) in [6.45, 7) is 5.16. The molecule has 1 aliphatic rings. The van der Waals surface area contributed by atoms with Gasteiger partial charge in [0.1, 0.15) is 0 Å². The first-order chi connectivity index (χ1) is 6.65. The van der Waals surface area contributed by atoms with Crippen molar-refractivity contribution in [3.05, 3.63) is 0 Å². The largest absolute Gasteiger partial charge is 0.355 e. The maximum Gasteiger partial charge on any atom is 0.233 e. The van der Waals surface area contributed by atoms with Gasteiger partial charge in [-0.05, 0) is 24.7 Å². The molecule has 1 aliphatic carbocycles. The van der Waals surface area contributed by atoms with Crippen LogP contribution in [0.25, 0.3) is 0 Å². The normalized spacial score (nSPS) is 28.8. The zero-order valence-electron chi connectivity index (χ0n) is 9.05. The first-order valence-electron chi connectivity index (χ1n) is 5.57. The van der Waals surface area contributed by atoms with Gasteiger partial charge in [-0.15, -0.1) is 0 Å². The van der Waals surface area contributed by atoms with E-state index in [0.717, 1.165) is 18.9 Å². The smallest absolute Gasteiger partial charge is 0.233 e. The lowest BCUT2D eigenvalue weighted by Crippen LogP contribution is -2.35. The molecule has 0 aromatic carbocycles. The number of halogens is 1. The summed E-state index contributed by atoms with van der Waals surface area (Å²) in [5, 5.41) is 3.02. The van der Waals surface area contributed by atoms with Gasteiger partial charge in [0.05, 0.1) is 4.83 Å². The Balaban J connectivity index is 2.22. The molecule has 0 heterocycles. The summed E-state index contributed by atoms with van der Waals surface area (Å²) in [5.74, 6) is 1.63. The van der Waals surface area contributed by atoms with Crippen molar-refractivity contribution in [2.45, 2.75) is 44.4 Å². The summed E-state index contributed by atoms with van der Waals surface area (Å²) in [6.07, 6.45) is 4.78. The van der Waals surface area contributed by atoms with Crippen LogP contribution in [0, 0.1) is 11.8 Å². The Bertz CT molecular complexity index is 196. The second-order valence-electron chi connectivity index (χ2n) is 4.29. The summed E-state index contributed by atoms with van der Waals surface area (Å²) in [5.41, 5.74) is 0. The van der Waals surface area contributed by atoms with E-state index in [1.165, 1.54) is 19.3 Å². The second-order valence-corrected chi connectivity index (χ2v) is 5.39. The van der Waals surface area contributed by atoms with Crippen molar-refractivity contribution in [2.75, 3.05) is 6.54 Å². The molecule has 2 nitrogen and oxygen atoms in total. The Morgan fingerprint density at radius 3 is 2.79 bits per heavy atom. The van der Waals surface area contributed by atoms with E-state index < -0.39 is 0 Å². The van der Waals surface area contributed by atoms with Gasteiger partial charge < -0.3 is 5.32 Å². The van der Waals surface area contributed by atoms with Crippen molar-refractivity contribution >= 4 is 21.8 Å². The van der Waals surface area contributed by atoms with Gasteiger partial charge in [0, 0.05) is 6.54 Å². The Hall–Kier alpha value is -0.0500. The Morgan fingerprint density at radius 2 is 2.29 bits per heavy atom. The molecule has 0 aliphatic heterocycles. The zero-order valence-corrected chi connectivity index (χ0v) is 10.6.